The van der Waals surface area contributed by atoms with Crippen LogP contribution in [-0.4, -0.2) is 40.2 Å². The molecule has 0 atom stereocenters. The molecule has 0 aliphatic rings. The van der Waals surface area contributed by atoms with E-state index in [2.05, 4.69) is 38.8 Å². The Bertz CT molecular complexity index is 889. The van der Waals surface area contributed by atoms with E-state index in [1.807, 2.05) is 47.0 Å². The molecule has 0 radical (unpaired) electrons. The summed E-state index contributed by atoms with van der Waals surface area (Å²) >= 11 is 6.21. The zero-order valence-electron chi connectivity index (χ0n) is 15.5. The van der Waals surface area contributed by atoms with Crippen molar-refractivity contribution in [3.8, 4) is 0 Å². The Kier molecular flexibility index (Phi) is 7.04. The molecular weight excluding hydrogens is 360 g/mol. The molecule has 0 saturated carbocycles. The maximum atomic E-state index is 6.21. The summed E-state index contributed by atoms with van der Waals surface area (Å²) in [5.74, 6) is 1.80. The van der Waals surface area contributed by atoms with Crippen molar-refractivity contribution in [1.29, 1.82) is 0 Å². The molecule has 3 aromatic rings. The van der Waals surface area contributed by atoms with Gasteiger partial charge in [-0.1, -0.05) is 35.9 Å². The molecule has 0 saturated heterocycles. The highest BCUT2D eigenvalue weighted by atomic mass is 35.5. The van der Waals surface area contributed by atoms with Crippen LogP contribution in [0, 0.1) is 0 Å². The Hall–Kier alpha value is -2.60. The van der Waals surface area contributed by atoms with E-state index < -0.39 is 0 Å². The van der Waals surface area contributed by atoms with Crippen molar-refractivity contribution in [1.82, 2.24) is 25.2 Å². The van der Waals surface area contributed by atoms with E-state index in [-0.39, 0.29) is 0 Å². The lowest BCUT2D eigenvalue weighted by Crippen LogP contribution is -2.38. The molecular formula is C20H25ClN6. The van der Waals surface area contributed by atoms with E-state index in [0.29, 0.717) is 0 Å². The maximum Gasteiger partial charge on any atom is 0.191 e. The number of nitrogens with zero attached hydrogens (tertiary/aromatic N) is 4. The number of aryl methyl sites for hydroxylation is 1. The molecule has 6 nitrogen and oxygen atoms in total. The van der Waals surface area contributed by atoms with Crippen molar-refractivity contribution in [3.63, 3.8) is 0 Å². The van der Waals surface area contributed by atoms with Crippen LogP contribution in [0.15, 0.2) is 53.7 Å². The number of fused-ring (bicyclic) bond motifs is 1. The van der Waals surface area contributed by atoms with E-state index >= 15 is 0 Å². The minimum atomic E-state index is 0.725. The van der Waals surface area contributed by atoms with Crippen LogP contribution in [0.1, 0.15) is 24.7 Å². The fourth-order valence-electron chi connectivity index (χ4n) is 2.85. The highest BCUT2D eigenvalue weighted by molar-refractivity contribution is 6.31. The molecule has 0 aliphatic heterocycles. The SMILES string of the molecule is CCNC(=NCCCc1nnc2ccccn12)NCCc1ccccc1Cl. The van der Waals surface area contributed by atoms with Gasteiger partial charge in [-0.25, -0.2) is 0 Å². The number of guanidine groups is 1. The number of aliphatic imine (C=N–C) groups is 1. The molecule has 2 N–H and O–H groups in total. The molecule has 27 heavy (non-hydrogen) atoms. The van der Waals surface area contributed by atoms with Crippen LogP contribution in [-0.2, 0) is 12.8 Å². The van der Waals surface area contributed by atoms with Crippen LogP contribution in [0.5, 0.6) is 0 Å². The lowest BCUT2D eigenvalue weighted by Gasteiger charge is -2.11. The predicted octanol–water partition coefficient (Wildman–Crippen LogP) is 3.11. The van der Waals surface area contributed by atoms with Crippen LogP contribution in [0.4, 0.5) is 0 Å². The van der Waals surface area contributed by atoms with Gasteiger partial charge in [0.15, 0.2) is 11.6 Å². The first-order valence-corrected chi connectivity index (χ1v) is 9.70. The van der Waals surface area contributed by atoms with Gasteiger partial charge in [-0.05, 0) is 43.5 Å². The zero-order valence-corrected chi connectivity index (χ0v) is 16.3. The quantitative estimate of drug-likeness (QED) is 0.356. The number of benzene rings is 1. The second-order valence-corrected chi connectivity index (χ2v) is 6.58. The molecule has 142 valence electrons. The van der Waals surface area contributed by atoms with E-state index in [4.69, 9.17) is 11.6 Å². The van der Waals surface area contributed by atoms with Crippen LogP contribution < -0.4 is 10.6 Å². The Labute approximate surface area is 164 Å². The number of hydrogen-bond donors (Lipinski definition) is 2. The minimum absolute atomic E-state index is 0.725. The summed E-state index contributed by atoms with van der Waals surface area (Å²) < 4.78 is 2.02. The first kappa shape index (κ1) is 19.2. The van der Waals surface area contributed by atoms with Gasteiger partial charge in [0.1, 0.15) is 5.82 Å². The summed E-state index contributed by atoms with van der Waals surface area (Å²) in [5.41, 5.74) is 2.02. The van der Waals surface area contributed by atoms with Crippen LogP contribution >= 0.6 is 11.6 Å². The summed E-state index contributed by atoms with van der Waals surface area (Å²) in [6.45, 7) is 4.40. The van der Waals surface area contributed by atoms with Crippen molar-refractivity contribution < 1.29 is 0 Å². The molecule has 2 heterocycles. The van der Waals surface area contributed by atoms with Gasteiger partial charge >= 0.3 is 0 Å². The first-order chi connectivity index (χ1) is 13.3. The standard InChI is InChI=1S/C20H25ClN6/c1-2-22-20(24-14-12-16-8-3-4-9-17(16)21)23-13-7-11-19-26-25-18-10-5-6-15-27(18)19/h3-6,8-10,15H,2,7,11-14H2,1H3,(H2,22,23,24). The minimum Gasteiger partial charge on any atom is -0.357 e. The molecule has 0 amide bonds. The molecule has 0 unspecified atom stereocenters. The van der Waals surface area contributed by atoms with Gasteiger partial charge in [-0.2, -0.15) is 0 Å². The Morgan fingerprint density at radius 3 is 2.78 bits per heavy atom. The highest BCUT2D eigenvalue weighted by Gasteiger charge is 2.04. The molecule has 1 aromatic carbocycles. The summed E-state index contributed by atoms with van der Waals surface area (Å²) in [4.78, 5) is 4.65. The zero-order chi connectivity index (χ0) is 18.9. The van der Waals surface area contributed by atoms with E-state index in [1.54, 1.807) is 0 Å². The summed E-state index contributed by atoms with van der Waals surface area (Å²) in [6, 6.07) is 13.8. The lowest BCUT2D eigenvalue weighted by atomic mass is 10.1. The molecule has 2 aromatic heterocycles. The fraction of sp³-hybridized carbons (Fsp3) is 0.350. The molecule has 0 aliphatic carbocycles. The number of nitrogens with one attached hydrogen (secondary N) is 2. The van der Waals surface area contributed by atoms with Crippen LogP contribution in [0.3, 0.4) is 0 Å². The third kappa shape index (κ3) is 5.44. The van der Waals surface area contributed by atoms with Gasteiger partial charge in [-0.3, -0.25) is 9.39 Å². The third-order valence-corrected chi connectivity index (χ3v) is 4.57. The fourth-order valence-corrected chi connectivity index (χ4v) is 3.08. The van der Waals surface area contributed by atoms with Gasteiger partial charge in [0, 0.05) is 37.3 Å². The normalized spacial score (nSPS) is 11.7. The average molecular weight is 385 g/mol. The molecule has 0 bridgehead atoms. The first-order valence-electron chi connectivity index (χ1n) is 9.32. The van der Waals surface area contributed by atoms with Crippen LogP contribution in [0.25, 0.3) is 5.65 Å². The van der Waals surface area contributed by atoms with Crippen LogP contribution in [0.2, 0.25) is 5.02 Å². The number of aromatic nitrogens is 3. The monoisotopic (exact) mass is 384 g/mol. The van der Waals surface area contributed by atoms with Gasteiger partial charge < -0.3 is 10.6 Å². The number of pyridine rings is 1. The number of rotatable bonds is 8. The molecule has 3 rings (SSSR count). The Morgan fingerprint density at radius 1 is 1.07 bits per heavy atom. The highest BCUT2D eigenvalue weighted by Crippen LogP contribution is 2.14. The van der Waals surface area contributed by atoms with E-state index in [0.717, 1.165) is 66.9 Å². The average Bonchev–Trinajstić information content (AvgIpc) is 3.10. The van der Waals surface area contributed by atoms with Crippen molar-refractivity contribution in [2.45, 2.75) is 26.2 Å². The summed E-state index contributed by atoms with van der Waals surface area (Å²) in [7, 11) is 0. The summed E-state index contributed by atoms with van der Waals surface area (Å²) in [6.07, 6.45) is 4.61. The Balaban J connectivity index is 1.47. The number of hydrogen-bond acceptors (Lipinski definition) is 3. The maximum absolute atomic E-state index is 6.21. The van der Waals surface area contributed by atoms with Gasteiger partial charge in [0.2, 0.25) is 0 Å². The van der Waals surface area contributed by atoms with E-state index in [9.17, 15) is 0 Å². The van der Waals surface area contributed by atoms with Gasteiger partial charge in [-0.15, -0.1) is 10.2 Å². The topological polar surface area (TPSA) is 66.6 Å². The van der Waals surface area contributed by atoms with Crippen molar-refractivity contribution in [2.24, 2.45) is 4.99 Å². The third-order valence-electron chi connectivity index (χ3n) is 4.20. The van der Waals surface area contributed by atoms with Crippen molar-refractivity contribution >= 4 is 23.2 Å². The second kappa shape index (κ2) is 9.92. The Morgan fingerprint density at radius 2 is 1.93 bits per heavy atom. The second-order valence-electron chi connectivity index (χ2n) is 6.18. The number of halogens is 1. The van der Waals surface area contributed by atoms with Gasteiger partial charge in [0.25, 0.3) is 0 Å². The molecule has 7 heteroatoms. The van der Waals surface area contributed by atoms with Crippen molar-refractivity contribution in [3.05, 3.63) is 65.1 Å². The lowest BCUT2D eigenvalue weighted by molar-refractivity contribution is 0.750. The van der Waals surface area contributed by atoms with Gasteiger partial charge in [0.05, 0.1) is 0 Å². The largest absolute Gasteiger partial charge is 0.357 e. The summed E-state index contributed by atoms with van der Waals surface area (Å²) in [5, 5.41) is 15.9. The predicted molar refractivity (Wildman–Crippen MR) is 110 cm³/mol. The smallest absolute Gasteiger partial charge is 0.191 e. The molecule has 0 spiro atoms. The van der Waals surface area contributed by atoms with E-state index in [1.165, 1.54) is 0 Å². The van der Waals surface area contributed by atoms with Crippen molar-refractivity contribution in [2.75, 3.05) is 19.6 Å². The molecule has 0 fully saturated rings.